The van der Waals surface area contributed by atoms with Gasteiger partial charge in [0, 0.05) is 42.7 Å². The Kier molecular flexibility index (Phi) is 7.14. The van der Waals surface area contributed by atoms with Gasteiger partial charge in [-0.1, -0.05) is 54.7 Å². The van der Waals surface area contributed by atoms with E-state index in [1.54, 1.807) is 18.5 Å². The maximum absolute atomic E-state index is 13.1. The molecular formula is C21H25Cl3N4O. The Balaban J connectivity index is 1.82. The van der Waals surface area contributed by atoms with E-state index in [4.69, 9.17) is 34.8 Å². The largest absolute Gasteiger partial charge is 0.367 e. The summed E-state index contributed by atoms with van der Waals surface area (Å²) in [6, 6.07) is 5.41. The number of nitrogens with one attached hydrogen (secondary N) is 1. The van der Waals surface area contributed by atoms with Gasteiger partial charge in [0.15, 0.2) is 0 Å². The maximum atomic E-state index is 13.1. The second kappa shape index (κ2) is 9.41. The van der Waals surface area contributed by atoms with Crippen molar-refractivity contribution in [3.05, 3.63) is 51.2 Å². The van der Waals surface area contributed by atoms with E-state index < -0.39 is 0 Å². The average Bonchev–Trinajstić information content (AvgIpc) is 2.88. The minimum Gasteiger partial charge on any atom is -0.367 e. The molecule has 1 saturated heterocycles. The second-order valence-electron chi connectivity index (χ2n) is 7.65. The summed E-state index contributed by atoms with van der Waals surface area (Å²) in [5, 5.41) is 4.66. The van der Waals surface area contributed by atoms with E-state index in [-0.39, 0.29) is 18.0 Å². The van der Waals surface area contributed by atoms with Gasteiger partial charge in [-0.15, -0.1) is 0 Å². The lowest BCUT2D eigenvalue weighted by atomic mass is 10.0. The zero-order valence-electron chi connectivity index (χ0n) is 16.8. The SMILES string of the molecule is Cc1ccc(NC(=O)N2CCCN(c3c(Cl)cncc3Cl)C[C@@H]2C(C)C)cc1Cl. The molecule has 1 fully saturated rings. The van der Waals surface area contributed by atoms with Crippen molar-refractivity contribution < 1.29 is 4.79 Å². The molecule has 1 aromatic carbocycles. The van der Waals surface area contributed by atoms with Crippen LogP contribution in [-0.2, 0) is 0 Å². The molecule has 0 unspecified atom stereocenters. The van der Waals surface area contributed by atoms with Gasteiger partial charge < -0.3 is 15.1 Å². The minimum absolute atomic E-state index is 0.00119. The van der Waals surface area contributed by atoms with Gasteiger partial charge in [0.1, 0.15) is 0 Å². The van der Waals surface area contributed by atoms with Crippen LogP contribution in [0.1, 0.15) is 25.8 Å². The fourth-order valence-corrected chi connectivity index (χ4v) is 4.40. The van der Waals surface area contributed by atoms with Crippen LogP contribution < -0.4 is 10.2 Å². The van der Waals surface area contributed by atoms with Crippen molar-refractivity contribution in [2.45, 2.75) is 33.2 Å². The lowest BCUT2D eigenvalue weighted by Gasteiger charge is -2.35. The fourth-order valence-electron chi connectivity index (χ4n) is 3.61. The van der Waals surface area contributed by atoms with Crippen LogP contribution >= 0.6 is 34.8 Å². The lowest BCUT2D eigenvalue weighted by molar-refractivity contribution is 0.175. The van der Waals surface area contributed by atoms with Crippen molar-refractivity contribution in [1.29, 1.82) is 0 Å². The Hall–Kier alpha value is -1.69. The first kappa shape index (κ1) is 22.0. The molecule has 3 rings (SSSR count). The van der Waals surface area contributed by atoms with Crippen LogP contribution in [0.4, 0.5) is 16.2 Å². The fraction of sp³-hybridized carbons (Fsp3) is 0.429. The summed E-state index contributed by atoms with van der Waals surface area (Å²) >= 11 is 19.0. The Morgan fingerprint density at radius 1 is 1.14 bits per heavy atom. The molecule has 1 atom stereocenters. The van der Waals surface area contributed by atoms with Gasteiger partial charge in [0.25, 0.3) is 0 Å². The van der Waals surface area contributed by atoms with E-state index in [1.807, 2.05) is 24.0 Å². The van der Waals surface area contributed by atoms with E-state index in [2.05, 4.69) is 29.0 Å². The number of hydrogen-bond donors (Lipinski definition) is 1. The summed E-state index contributed by atoms with van der Waals surface area (Å²) in [7, 11) is 0. The molecule has 2 amide bonds. The molecule has 0 aliphatic carbocycles. The molecule has 5 nitrogen and oxygen atoms in total. The molecule has 1 aliphatic heterocycles. The summed E-state index contributed by atoms with van der Waals surface area (Å²) in [5.41, 5.74) is 2.44. The molecule has 1 N–H and O–H groups in total. The van der Waals surface area contributed by atoms with Crippen LogP contribution in [0.2, 0.25) is 15.1 Å². The molecule has 0 spiro atoms. The zero-order valence-corrected chi connectivity index (χ0v) is 19.0. The summed E-state index contributed by atoms with van der Waals surface area (Å²) < 4.78 is 0. The molecule has 2 aromatic rings. The summed E-state index contributed by atoms with van der Waals surface area (Å²) in [5.74, 6) is 0.252. The third-order valence-corrected chi connectivity index (χ3v) is 6.19. The number of benzene rings is 1. The quantitative estimate of drug-likeness (QED) is 0.606. The highest BCUT2D eigenvalue weighted by molar-refractivity contribution is 6.38. The van der Waals surface area contributed by atoms with E-state index in [0.29, 0.717) is 33.8 Å². The highest BCUT2D eigenvalue weighted by Gasteiger charge is 2.32. The highest BCUT2D eigenvalue weighted by atomic mass is 35.5. The van der Waals surface area contributed by atoms with Gasteiger partial charge in [0.05, 0.1) is 21.8 Å². The van der Waals surface area contributed by atoms with Crippen LogP contribution in [0.15, 0.2) is 30.6 Å². The summed E-state index contributed by atoms with van der Waals surface area (Å²) in [6.07, 6.45) is 4.01. The van der Waals surface area contributed by atoms with E-state index in [0.717, 1.165) is 24.2 Å². The number of anilines is 2. The first-order valence-corrected chi connectivity index (χ1v) is 10.8. The molecule has 0 radical (unpaired) electrons. The van der Waals surface area contributed by atoms with Crippen LogP contribution in [0.25, 0.3) is 0 Å². The molecule has 0 saturated carbocycles. The summed E-state index contributed by atoms with van der Waals surface area (Å²) in [6.45, 7) is 8.21. The van der Waals surface area contributed by atoms with Gasteiger partial charge >= 0.3 is 6.03 Å². The van der Waals surface area contributed by atoms with Gasteiger partial charge in [-0.05, 0) is 37.0 Å². The van der Waals surface area contributed by atoms with E-state index >= 15 is 0 Å². The van der Waals surface area contributed by atoms with Crippen molar-refractivity contribution >= 4 is 52.2 Å². The zero-order chi connectivity index (χ0) is 21.1. The molecule has 0 bridgehead atoms. The number of pyridine rings is 1. The number of amides is 2. The monoisotopic (exact) mass is 454 g/mol. The van der Waals surface area contributed by atoms with Gasteiger partial charge in [-0.25, -0.2) is 4.79 Å². The smallest absolute Gasteiger partial charge is 0.322 e. The second-order valence-corrected chi connectivity index (χ2v) is 8.87. The number of carbonyl (C=O) groups excluding carboxylic acids is 1. The molecular weight excluding hydrogens is 431 g/mol. The number of aryl methyl sites for hydroxylation is 1. The number of aromatic nitrogens is 1. The van der Waals surface area contributed by atoms with Crippen molar-refractivity contribution in [3.8, 4) is 0 Å². The minimum atomic E-state index is -0.127. The third kappa shape index (κ3) is 5.08. The van der Waals surface area contributed by atoms with Crippen molar-refractivity contribution in [1.82, 2.24) is 9.88 Å². The standard InChI is InChI=1S/C21H25Cl3N4O/c1-13(2)19-12-27(20-17(23)10-25-11-18(20)24)7-4-8-28(19)21(29)26-15-6-5-14(3)16(22)9-15/h5-6,9-11,13,19H,4,7-8,12H2,1-3H3,(H,26,29)/t19-/m1/s1. The van der Waals surface area contributed by atoms with E-state index in [9.17, 15) is 4.79 Å². The van der Waals surface area contributed by atoms with Gasteiger partial charge in [-0.2, -0.15) is 0 Å². The lowest BCUT2D eigenvalue weighted by Crippen LogP contribution is -2.49. The third-order valence-electron chi connectivity index (χ3n) is 5.23. The predicted octanol–water partition coefficient (Wildman–Crippen LogP) is 6.12. The van der Waals surface area contributed by atoms with Crippen LogP contribution in [-0.4, -0.2) is 41.6 Å². The van der Waals surface area contributed by atoms with Crippen LogP contribution in [0.3, 0.4) is 0 Å². The number of hydrogen-bond acceptors (Lipinski definition) is 3. The average molecular weight is 456 g/mol. The number of halogens is 3. The van der Waals surface area contributed by atoms with Crippen molar-refractivity contribution in [2.24, 2.45) is 5.92 Å². The molecule has 2 heterocycles. The van der Waals surface area contributed by atoms with Crippen molar-refractivity contribution in [2.75, 3.05) is 29.9 Å². The van der Waals surface area contributed by atoms with E-state index in [1.165, 1.54) is 0 Å². The molecule has 1 aromatic heterocycles. The summed E-state index contributed by atoms with van der Waals surface area (Å²) in [4.78, 5) is 21.2. The molecule has 1 aliphatic rings. The Morgan fingerprint density at radius 3 is 2.45 bits per heavy atom. The number of carbonyl (C=O) groups is 1. The molecule has 8 heteroatoms. The normalized spacial score (nSPS) is 17.4. The Bertz CT molecular complexity index is 870. The topological polar surface area (TPSA) is 48.5 Å². The van der Waals surface area contributed by atoms with Crippen molar-refractivity contribution in [3.63, 3.8) is 0 Å². The number of rotatable bonds is 3. The highest BCUT2D eigenvalue weighted by Crippen LogP contribution is 2.34. The predicted molar refractivity (Wildman–Crippen MR) is 122 cm³/mol. The maximum Gasteiger partial charge on any atom is 0.322 e. The first-order chi connectivity index (χ1) is 13.8. The Morgan fingerprint density at radius 2 is 1.83 bits per heavy atom. The molecule has 29 heavy (non-hydrogen) atoms. The Labute approximate surface area is 186 Å². The number of urea groups is 1. The first-order valence-electron chi connectivity index (χ1n) is 9.65. The van der Waals surface area contributed by atoms with Crippen LogP contribution in [0, 0.1) is 12.8 Å². The van der Waals surface area contributed by atoms with Gasteiger partial charge in [-0.3, -0.25) is 4.98 Å². The molecule has 156 valence electrons. The van der Waals surface area contributed by atoms with Gasteiger partial charge in [0.2, 0.25) is 0 Å². The van der Waals surface area contributed by atoms with Crippen LogP contribution in [0.5, 0.6) is 0 Å². The number of nitrogens with zero attached hydrogens (tertiary/aromatic N) is 3.